The molecule has 1 aromatic heterocycles. The van der Waals surface area contributed by atoms with E-state index in [9.17, 15) is 19.2 Å². The van der Waals surface area contributed by atoms with Crippen molar-refractivity contribution in [3.63, 3.8) is 0 Å². The van der Waals surface area contributed by atoms with Gasteiger partial charge in [0.1, 0.15) is 10.3 Å². The van der Waals surface area contributed by atoms with Gasteiger partial charge in [0.25, 0.3) is 0 Å². The predicted molar refractivity (Wildman–Crippen MR) is 75.2 cm³/mol. The maximum absolute atomic E-state index is 12.5. The first-order valence-electron chi connectivity index (χ1n) is 6.08. The largest absolute Gasteiger partial charge is 0.465 e. The summed E-state index contributed by atoms with van der Waals surface area (Å²) in [4.78, 5) is 49.0. The minimum Gasteiger partial charge on any atom is -0.465 e. The molecule has 8 heteroatoms. The Morgan fingerprint density at radius 1 is 1.33 bits per heavy atom. The monoisotopic (exact) mass is 310 g/mol. The number of nitrogens with zero attached hydrogens (tertiary/aromatic N) is 1. The summed E-state index contributed by atoms with van der Waals surface area (Å²) in [6, 6.07) is -0.865. The number of ether oxygens (including phenoxy) is 1. The van der Waals surface area contributed by atoms with Gasteiger partial charge in [-0.2, -0.15) is 0 Å². The van der Waals surface area contributed by atoms with Crippen LogP contribution >= 0.6 is 11.3 Å². The van der Waals surface area contributed by atoms with Crippen LogP contribution in [-0.2, 0) is 14.3 Å². The molecule has 21 heavy (non-hydrogen) atoms. The second-order valence-electron chi connectivity index (χ2n) is 5.11. The molecule has 0 aliphatic carbocycles. The van der Waals surface area contributed by atoms with Gasteiger partial charge in [-0.25, -0.2) is 14.5 Å². The zero-order valence-electron chi connectivity index (χ0n) is 12.0. The lowest BCUT2D eigenvalue weighted by Crippen LogP contribution is -2.62. The Balaban J connectivity index is 2.58. The smallest absolute Gasteiger partial charge is 0.350 e. The van der Waals surface area contributed by atoms with Crippen LogP contribution in [0.15, 0.2) is 5.38 Å². The van der Waals surface area contributed by atoms with Crippen molar-refractivity contribution in [3.8, 4) is 0 Å². The molecular formula is C13H14N2O5S. The maximum atomic E-state index is 12.5. The Labute approximate surface area is 124 Å². The highest BCUT2D eigenvalue weighted by Crippen LogP contribution is 2.36. The molecule has 0 radical (unpaired) electrons. The number of anilines is 1. The zero-order chi connectivity index (χ0) is 15.9. The summed E-state index contributed by atoms with van der Waals surface area (Å²) in [5.41, 5.74) is -0.653. The number of carbonyl (C=O) groups is 4. The quantitative estimate of drug-likeness (QED) is 0.659. The standard InChI is InChI=1S/C13H14N2O5S/c1-6-5-21-8(9(16)20-4)7(6)15-11(18)13(2,3)10(17)14-12(15)19/h5H,1-4H3,(H,14,17,19). The number of esters is 1. The van der Waals surface area contributed by atoms with Crippen LogP contribution in [0.4, 0.5) is 10.5 Å². The maximum Gasteiger partial charge on any atom is 0.350 e. The average molecular weight is 310 g/mol. The van der Waals surface area contributed by atoms with Crippen molar-refractivity contribution in [3.05, 3.63) is 15.8 Å². The van der Waals surface area contributed by atoms with E-state index in [0.717, 1.165) is 16.2 Å². The van der Waals surface area contributed by atoms with Crippen molar-refractivity contribution in [2.24, 2.45) is 5.41 Å². The van der Waals surface area contributed by atoms with Crippen LogP contribution in [0.5, 0.6) is 0 Å². The van der Waals surface area contributed by atoms with Crippen LogP contribution in [0.25, 0.3) is 0 Å². The molecule has 1 aromatic rings. The van der Waals surface area contributed by atoms with Crippen molar-refractivity contribution >= 4 is 40.8 Å². The number of aryl methyl sites for hydroxylation is 1. The molecule has 4 amide bonds. The highest BCUT2D eigenvalue weighted by molar-refractivity contribution is 7.12. The lowest BCUT2D eigenvalue weighted by molar-refractivity contribution is -0.140. The zero-order valence-corrected chi connectivity index (χ0v) is 12.8. The normalized spacial score (nSPS) is 17.7. The van der Waals surface area contributed by atoms with Crippen LogP contribution in [0, 0.1) is 12.3 Å². The van der Waals surface area contributed by atoms with E-state index in [1.807, 2.05) is 0 Å². The molecule has 0 bridgehead atoms. The minimum absolute atomic E-state index is 0.142. The second-order valence-corrected chi connectivity index (χ2v) is 5.99. The van der Waals surface area contributed by atoms with Crippen LogP contribution in [-0.4, -0.2) is 30.9 Å². The number of barbiturate groups is 1. The van der Waals surface area contributed by atoms with E-state index >= 15 is 0 Å². The molecule has 0 saturated carbocycles. The van der Waals surface area contributed by atoms with E-state index in [4.69, 9.17) is 0 Å². The van der Waals surface area contributed by atoms with Gasteiger partial charge in [-0.1, -0.05) is 0 Å². The lowest BCUT2D eigenvalue weighted by atomic mass is 9.88. The first-order valence-corrected chi connectivity index (χ1v) is 6.96. The molecule has 1 aliphatic rings. The first kappa shape index (κ1) is 15.2. The number of hydrogen-bond acceptors (Lipinski definition) is 6. The van der Waals surface area contributed by atoms with E-state index in [0.29, 0.717) is 5.56 Å². The molecule has 1 fully saturated rings. The molecule has 0 aromatic carbocycles. The molecule has 0 spiro atoms. The van der Waals surface area contributed by atoms with Gasteiger partial charge >= 0.3 is 12.0 Å². The number of nitrogens with one attached hydrogen (secondary N) is 1. The predicted octanol–water partition coefficient (Wildman–Crippen LogP) is 1.45. The SMILES string of the molecule is COC(=O)c1scc(C)c1N1C(=O)NC(=O)C(C)(C)C1=O. The van der Waals surface area contributed by atoms with Crippen LogP contribution < -0.4 is 10.2 Å². The Morgan fingerprint density at radius 2 is 1.95 bits per heavy atom. The summed E-state index contributed by atoms with van der Waals surface area (Å²) < 4.78 is 4.66. The summed E-state index contributed by atoms with van der Waals surface area (Å²) in [5, 5.41) is 3.77. The highest BCUT2D eigenvalue weighted by Gasteiger charge is 2.49. The summed E-state index contributed by atoms with van der Waals surface area (Å²) in [7, 11) is 1.22. The summed E-state index contributed by atoms with van der Waals surface area (Å²) >= 11 is 1.07. The third-order valence-corrected chi connectivity index (χ3v) is 4.33. The molecule has 1 N–H and O–H groups in total. The molecule has 0 unspecified atom stereocenters. The number of rotatable bonds is 2. The first-order chi connectivity index (χ1) is 9.71. The fourth-order valence-corrected chi connectivity index (χ4v) is 2.88. The Morgan fingerprint density at radius 3 is 2.52 bits per heavy atom. The summed E-state index contributed by atoms with van der Waals surface area (Å²) in [6.45, 7) is 4.51. The van der Waals surface area contributed by atoms with Crippen LogP contribution in [0.3, 0.4) is 0 Å². The lowest BCUT2D eigenvalue weighted by Gasteiger charge is -2.34. The fourth-order valence-electron chi connectivity index (χ4n) is 1.93. The molecule has 2 heterocycles. The van der Waals surface area contributed by atoms with E-state index in [2.05, 4.69) is 10.1 Å². The van der Waals surface area contributed by atoms with Crippen molar-refractivity contribution < 1.29 is 23.9 Å². The Kier molecular flexibility index (Phi) is 3.58. The molecule has 7 nitrogen and oxygen atoms in total. The van der Waals surface area contributed by atoms with Crippen LogP contribution in [0.1, 0.15) is 29.1 Å². The Hall–Kier alpha value is -2.22. The van der Waals surface area contributed by atoms with Gasteiger partial charge in [-0.05, 0) is 31.7 Å². The van der Waals surface area contributed by atoms with Gasteiger partial charge in [0.2, 0.25) is 11.8 Å². The number of imide groups is 2. The van der Waals surface area contributed by atoms with Crippen molar-refractivity contribution in [1.82, 2.24) is 5.32 Å². The second kappa shape index (κ2) is 4.96. The fraction of sp³-hybridized carbons (Fsp3) is 0.385. The number of urea groups is 1. The third-order valence-electron chi connectivity index (χ3n) is 3.27. The molecule has 2 rings (SSSR count). The van der Waals surface area contributed by atoms with Crippen molar-refractivity contribution in [1.29, 1.82) is 0 Å². The van der Waals surface area contributed by atoms with Crippen molar-refractivity contribution in [2.75, 3.05) is 12.0 Å². The molecule has 112 valence electrons. The number of hydrogen-bond donors (Lipinski definition) is 1. The van der Waals surface area contributed by atoms with Gasteiger partial charge < -0.3 is 4.74 Å². The Bertz CT molecular complexity index is 662. The molecule has 1 saturated heterocycles. The van der Waals surface area contributed by atoms with E-state index in [-0.39, 0.29) is 10.6 Å². The van der Waals surface area contributed by atoms with Gasteiger partial charge in [0.05, 0.1) is 12.8 Å². The number of carbonyl (C=O) groups excluding carboxylic acids is 4. The number of methoxy groups -OCH3 is 1. The summed E-state index contributed by atoms with van der Waals surface area (Å²) in [6.07, 6.45) is 0. The third kappa shape index (κ3) is 2.21. The van der Waals surface area contributed by atoms with Gasteiger partial charge in [-0.15, -0.1) is 11.3 Å². The molecule has 0 atom stereocenters. The topological polar surface area (TPSA) is 92.8 Å². The van der Waals surface area contributed by atoms with Gasteiger partial charge in [0.15, 0.2) is 0 Å². The minimum atomic E-state index is -1.39. The van der Waals surface area contributed by atoms with Crippen LogP contribution in [0.2, 0.25) is 0 Å². The molecule has 1 aliphatic heterocycles. The molecular weight excluding hydrogens is 296 g/mol. The van der Waals surface area contributed by atoms with Gasteiger partial charge in [-0.3, -0.25) is 14.9 Å². The van der Waals surface area contributed by atoms with E-state index in [1.165, 1.54) is 21.0 Å². The van der Waals surface area contributed by atoms with Crippen molar-refractivity contribution in [2.45, 2.75) is 20.8 Å². The number of amides is 4. The highest BCUT2D eigenvalue weighted by atomic mass is 32.1. The average Bonchev–Trinajstić information content (AvgIpc) is 2.79. The van der Waals surface area contributed by atoms with Gasteiger partial charge in [0, 0.05) is 0 Å². The van der Waals surface area contributed by atoms with E-state index < -0.39 is 29.2 Å². The number of thiophene rings is 1. The summed E-state index contributed by atoms with van der Waals surface area (Å²) in [5.74, 6) is -1.98. The van der Waals surface area contributed by atoms with E-state index in [1.54, 1.807) is 12.3 Å².